The van der Waals surface area contributed by atoms with E-state index < -0.39 is 0 Å². The van der Waals surface area contributed by atoms with E-state index in [1.807, 2.05) is 31.2 Å². The van der Waals surface area contributed by atoms with Crippen LogP contribution in [-0.4, -0.2) is 70.0 Å². The maximum atomic E-state index is 14.0. The number of carbonyl (C=O) groups excluding carboxylic acids is 3. The Bertz CT molecular complexity index is 2090. The third kappa shape index (κ3) is 5.70. The molecule has 0 saturated carbocycles. The van der Waals surface area contributed by atoms with E-state index in [4.69, 9.17) is 4.74 Å². The van der Waals surface area contributed by atoms with Gasteiger partial charge in [0.1, 0.15) is 11.5 Å². The molecule has 2 fully saturated rings. The minimum absolute atomic E-state index is 0.137. The Morgan fingerprint density at radius 1 is 0.980 bits per heavy atom. The first-order valence-corrected chi connectivity index (χ1v) is 17.2. The number of aryl methyl sites for hydroxylation is 2. The predicted octanol–water partition coefficient (Wildman–Crippen LogP) is 5.55. The van der Waals surface area contributed by atoms with E-state index >= 15 is 0 Å². The van der Waals surface area contributed by atoms with Crippen molar-refractivity contribution < 1.29 is 19.1 Å². The van der Waals surface area contributed by atoms with Gasteiger partial charge in [0.25, 0.3) is 11.8 Å². The first kappa shape index (κ1) is 31.1. The molecule has 1 spiro atoms. The maximum absolute atomic E-state index is 14.0. The van der Waals surface area contributed by atoms with Crippen molar-refractivity contribution in [2.45, 2.75) is 26.2 Å². The van der Waals surface area contributed by atoms with E-state index in [-0.39, 0.29) is 23.0 Å². The molecule has 49 heavy (non-hydrogen) atoms. The fourth-order valence-corrected chi connectivity index (χ4v) is 8.19. The molecule has 1 aromatic carbocycles. The van der Waals surface area contributed by atoms with Crippen molar-refractivity contribution in [3.63, 3.8) is 0 Å². The summed E-state index contributed by atoms with van der Waals surface area (Å²) in [6, 6.07) is 14.5. The van der Waals surface area contributed by atoms with Gasteiger partial charge in [-0.05, 0) is 85.8 Å². The summed E-state index contributed by atoms with van der Waals surface area (Å²) in [5.74, 6) is 0.531. The molecule has 0 unspecified atom stereocenters. The third-order valence-corrected chi connectivity index (χ3v) is 10.9. The molecule has 11 nitrogen and oxygen atoms in total. The number of fused-ring (bicyclic) bond motifs is 3. The van der Waals surface area contributed by atoms with Gasteiger partial charge >= 0.3 is 0 Å². The second kappa shape index (κ2) is 12.4. The van der Waals surface area contributed by atoms with Crippen molar-refractivity contribution in [1.29, 1.82) is 0 Å². The summed E-state index contributed by atoms with van der Waals surface area (Å²) in [4.78, 5) is 59.7. The SMILES string of the molecule is Cc1cnc(N2CC3(CCOCC3)C2)c(C(=O)Nc2ccc(C(=O)N3CCc4cc(C(=O)c5nccn5C)sc4-c4ncccc43)cc2)c1. The van der Waals surface area contributed by atoms with Crippen LogP contribution in [0, 0.1) is 12.3 Å². The number of hydrogen-bond donors (Lipinski definition) is 1. The highest BCUT2D eigenvalue weighted by atomic mass is 32.1. The Morgan fingerprint density at radius 3 is 2.53 bits per heavy atom. The zero-order valence-electron chi connectivity index (χ0n) is 27.3. The number of anilines is 3. The fourth-order valence-electron chi connectivity index (χ4n) is 7.04. The second-order valence-corrected chi connectivity index (χ2v) is 14.2. The second-order valence-electron chi connectivity index (χ2n) is 13.1. The number of ether oxygens (including phenoxy) is 1. The first-order valence-electron chi connectivity index (χ1n) is 16.4. The van der Waals surface area contributed by atoms with Crippen LogP contribution in [0.1, 0.15) is 60.2 Å². The van der Waals surface area contributed by atoms with Gasteiger partial charge in [-0.25, -0.2) is 9.97 Å². The van der Waals surface area contributed by atoms with Crippen molar-refractivity contribution in [1.82, 2.24) is 19.5 Å². The Hall–Kier alpha value is -5.20. The summed E-state index contributed by atoms with van der Waals surface area (Å²) in [6.07, 6.45) is 9.50. The Morgan fingerprint density at radius 2 is 1.78 bits per heavy atom. The summed E-state index contributed by atoms with van der Waals surface area (Å²) >= 11 is 1.38. The minimum atomic E-state index is -0.238. The van der Waals surface area contributed by atoms with Gasteiger partial charge in [-0.15, -0.1) is 11.3 Å². The van der Waals surface area contributed by atoms with Crippen LogP contribution in [0.3, 0.4) is 0 Å². The number of carbonyl (C=O) groups is 3. The molecule has 12 heteroatoms. The summed E-state index contributed by atoms with van der Waals surface area (Å²) < 4.78 is 7.27. The lowest BCUT2D eigenvalue weighted by molar-refractivity contribution is -0.000511. The van der Waals surface area contributed by atoms with Crippen LogP contribution in [0.15, 0.2) is 73.3 Å². The zero-order chi connectivity index (χ0) is 33.7. The zero-order valence-corrected chi connectivity index (χ0v) is 28.1. The molecule has 0 radical (unpaired) electrons. The van der Waals surface area contributed by atoms with Gasteiger partial charge in [-0.1, -0.05) is 0 Å². The van der Waals surface area contributed by atoms with Crippen molar-refractivity contribution >= 4 is 46.1 Å². The number of nitrogens with one attached hydrogen (secondary N) is 1. The predicted molar refractivity (Wildman–Crippen MR) is 188 cm³/mol. The number of thiophene rings is 1. The average molecular weight is 674 g/mol. The molecule has 1 N–H and O–H groups in total. The highest BCUT2D eigenvalue weighted by Gasteiger charge is 2.45. The molecule has 0 bridgehead atoms. The number of imidazole rings is 1. The topological polar surface area (TPSA) is 123 Å². The van der Waals surface area contributed by atoms with E-state index in [1.165, 1.54) is 11.3 Å². The van der Waals surface area contributed by atoms with Crippen LogP contribution >= 0.6 is 11.3 Å². The van der Waals surface area contributed by atoms with Crippen molar-refractivity contribution in [2.24, 2.45) is 12.5 Å². The van der Waals surface area contributed by atoms with Crippen LogP contribution in [0.5, 0.6) is 0 Å². The lowest BCUT2D eigenvalue weighted by Crippen LogP contribution is -2.59. The van der Waals surface area contributed by atoms with Crippen molar-refractivity contribution in [3.05, 3.63) is 106 Å². The van der Waals surface area contributed by atoms with Gasteiger partial charge in [0.15, 0.2) is 5.82 Å². The summed E-state index contributed by atoms with van der Waals surface area (Å²) in [5, 5.41) is 3.01. The number of rotatable bonds is 6. The Labute approximate surface area is 287 Å². The van der Waals surface area contributed by atoms with E-state index in [1.54, 1.807) is 65.6 Å². The molecule has 8 rings (SSSR count). The van der Waals surface area contributed by atoms with Gasteiger partial charge in [0.2, 0.25) is 5.78 Å². The van der Waals surface area contributed by atoms with Crippen LogP contribution < -0.4 is 15.1 Å². The maximum Gasteiger partial charge on any atom is 0.259 e. The van der Waals surface area contributed by atoms with Crippen molar-refractivity contribution in [3.8, 4) is 10.6 Å². The summed E-state index contributed by atoms with van der Waals surface area (Å²) in [7, 11) is 1.80. The number of nitrogens with zero attached hydrogens (tertiary/aromatic N) is 6. The average Bonchev–Trinajstić information content (AvgIpc) is 3.70. The molecule has 3 aliphatic heterocycles. The number of pyridine rings is 2. The van der Waals surface area contributed by atoms with Crippen LogP contribution in [0.4, 0.5) is 17.2 Å². The van der Waals surface area contributed by atoms with E-state index in [9.17, 15) is 14.4 Å². The molecular formula is C37H35N7O4S. The smallest absolute Gasteiger partial charge is 0.259 e. The number of ketones is 1. The molecule has 248 valence electrons. The number of amides is 2. The van der Waals surface area contributed by atoms with Crippen LogP contribution in [0.25, 0.3) is 10.6 Å². The Balaban J connectivity index is 0.990. The van der Waals surface area contributed by atoms with E-state index in [0.29, 0.717) is 57.7 Å². The van der Waals surface area contributed by atoms with Gasteiger partial charge in [0.05, 0.1) is 21.0 Å². The molecular weight excluding hydrogens is 639 g/mol. The summed E-state index contributed by atoms with van der Waals surface area (Å²) in [6.45, 7) is 5.67. The van der Waals surface area contributed by atoms with E-state index in [0.717, 1.165) is 55.1 Å². The van der Waals surface area contributed by atoms with Gasteiger partial charge in [-0.2, -0.15) is 0 Å². The van der Waals surface area contributed by atoms with Crippen LogP contribution in [-0.2, 0) is 18.2 Å². The largest absolute Gasteiger partial charge is 0.381 e. The molecule has 0 aliphatic carbocycles. The number of hydrogen-bond acceptors (Lipinski definition) is 9. The number of benzene rings is 1. The first-order chi connectivity index (χ1) is 23.8. The molecule has 7 heterocycles. The monoisotopic (exact) mass is 673 g/mol. The lowest BCUT2D eigenvalue weighted by Gasteiger charge is -2.53. The fraction of sp³-hybridized carbons (Fsp3) is 0.297. The highest BCUT2D eigenvalue weighted by Crippen LogP contribution is 2.43. The van der Waals surface area contributed by atoms with Crippen molar-refractivity contribution in [2.75, 3.05) is 48.0 Å². The van der Waals surface area contributed by atoms with Gasteiger partial charge in [-0.3, -0.25) is 19.4 Å². The highest BCUT2D eigenvalue weighted by molar-refractivity contribution is 7.17. The quantitative estimate of drug-likeness (QED) is 0.233. The minimum Gasteiger partial charge on any atom is -0.381 e. The van der Waals surface area contributed by atoms with Gasteiger partial charge < -0.3 is 24.4 Å². The van der Waals surface area contributed by atoms with E-state index in [2.05, 4.69) is 25.2 Å². The number of aromatic nitrogens is 4. The summed E-state index contributed by atoms with van der Waals surface area (Å²) in [5.41, 5.74) is 5.10. The molecule has 3 aliphatic rings. The molecule has 2 amide bonds. The standard InChI is InChI=1S/C37H35N7O4S/c1-23-18-27(33(40-20-23)43-21-37(22-43)10-16-48-17-11-37)35(46)41-26-7-5-24(6-8-26)36(47)44-14-9-25-19-29(31(45)34-39-13-15-42(34)2)49-32(25)30-28(44)4-3-12-38-30/h3-8,12-13,15,18-20H,9-11,14,16-17,21-22H2,1-2H3,(H,41,46). The molecule has 5 aromatic rings. The normalized spacial score (nSPS) is 16.4. The lowest BCUT2D eigenvalue weighted by atomic mass is 9.73. The molecule has 4 aromatic heterocycles. The third-order valence-electron chi connectivity index (χ3n) is 9.74. The van der Waals surface area contributed by atoms with Gasteiger partial charge in [0, 0.05) is 81.3 Å². The van der Waals surface area contributed by atoms with Crippen LogP contribution in [0.2, 0.25) is 0 Å². The molecule has 0 atom stereocenters. The Kier molecular flexibility index (Phi) is 7.84. The molecule has 2 saturated heterocycles.